The number of carbonyl (C=O) groups excluding carboxylic acids is 1. The predicted octanol–water partition coefficient (Wildman–Crippen LogP) is 4.52. The molecule has 45 heavy (non-hydrogen) atoms. The molecule has 3 rings (SSSR count). The van der Waals surface area contributed by atoms with Crippen LogP contribution in [-0.4, -0.2) is 83.2 Å². The zero-order chi connectivity index (χ0) is 34.4. The topological polar surface area (TPSA) is 190 Å². The monoisotopic (exact) mass is 647 g/mol. The zero-order valence-corrected chi connectivity index (χ0v) is 23.8. The van der Waals surface area contributed by atoms with Crippen LogP contribution in [0.1, 0.15) is 41.3 Å². The van der Waals surface area contributed by atoms with E-state index in [1.807, 2.05) is 31.2 Å². The number of hydrogen-bond acceptors (Lipinski definition) is 6. The highest BCUT2D eigenvalue weighted by molar-refractivity contribution is 5.95. The van der Waals surface area contributed by atoms with E-state index >= 15 is 0 Å². The first-order valence-electron chi connectivity index (χ1n) is 12.9. The van der Waals surface area contributed by atoms with Crippen LogP contribution in [0.2, 0.25) is 0 Å². The van der Waals surface area contributed by atoms with Crippen molar-refractivity contribution in [3.8, 4) is 5.75 Å². The molecule has 1 aliphatic heterocycles. The maximum Gasteiger partial charge on any atom is 0.490 e. The normalized spacial score (nSPS) is 12.8. The average Bonchev–Trinajstić information content (AvgIpc) is 2.95. The van der Waals surface area contributed by atoms with E-state index in [-0.39, 0.29) is 11.7 Å². The fourth-order valence-electron chi connectivity index (χ4n) is 3.43. The standard InChI is InChI=1S/C24H29N5O2.2C2HF3O2/c1-17(25)29-12-9-19(10-13-29)15-18-5-7-20(8-6-18)24(30)28-11-14-31-22-4-2-3-21(16-22)23(26)27;2*3-2(4,5)1(6)7/h2-8,15-16,25H,9-14H2,1H3,(H3,26,27)(H,28,30);2*(H,6,7). The second kappa shape index (κ2) is 17.3. The van der Waals surface area contributed by atoms with E-state index in [4.69, 9.17) is 41.1 Å². The predicted molar refractivity (Wildman–Crippen MR) is 151 cm³/mol. The van der Waals surface area contributed by atoms with Gasteiger partial charge in [-0.2, -0.15) is 26.3 Å². The molecule has 11 nitrogen and oxygen atoms in total. The summed E-state index contributed by atoms with van der Waals surface area (Å²) in [7, 11) is 0. The number of nitrogens with one attached hydrogen (secondary N) is 3. The van der Waals surface area contributed by atoms with Gasteiger partial charge in [-0.3, -0.25) is 15.6 Å². The number of nitrogens with zero attached hydrogens (tertiary/aromatic N) is 1. The minimum Gasteiger partial charge on any atom is -0.492 e. The number of amides is 1. The highest BCUT2D eigenvalue weighted by atomic mass is 19.4. The molecule has 0 atom stereocenters. The first kappa shape index (κ1) is 37.9. The number of ether oxygens (including phenoxy) is 1. The SMILES string of the molecule is CC(=N)N1CCC(=Cc2ccc(C(=O)NCCOc3cccc(C(=N)N)c3)cc2)CC1.O=C(O)C(F)(F)F.O=C(O)C(F)(F)F. The van der Waals surface area contributed by atoms with Crippen molar-refractivity contribution in [2.45, 2.75) is 32.1 Å². The Morgan fingerprint density at radius 2 is 1.44 bits per heavy atom. The molecule has 1 aliphatic rings. The van der Waals surface area contributed by atoms with Crippen LogP contribution in [0.5, 0.6) is 5.75 Å². The minimum absolute atomic E-state index is 0.00948. The molecule has 17 heteroatoms. The molecular formula is C28H31F6N5O6. The number of hydrogen-bond donors (Lipinski definition) is 6. The highest BCUT2D eigenvalue weighted by Gasteiger charge is 2.38. The van der Waals surface area contributed by atoms with Crippen molar-refractivity contribution in [2.24, 2.45) is 5.73 Å². The third-order valence-electron chi connectivity index (χ3n) is 5.71. The highest BCUT2D eigenvalue weighted by Crippen LogP contribution is 2.20. The number of alkyl halides is 6. The third-order valence-corrected chi connectivity index (χ3v) is 5.71. The van der Waals surface area contributed by atoms with Crippen LogP contribution in [0, 0.1) is 10.8 Å². The smallest absolute Gasteiger partial charge is 0.490 e. The van der Waals surface area contributed by atoms with Crippen LogP contribution in [0.3, 0.4) is 0 Å². The Bertz CT molecular complexity index is 1340. The molecular weight excluding hydrogens is 616 g/mol. The van der Waals surface area contributed by atoms with Gasteiger partial charge in [0.1, 0.15) is 18.2 Å². The number of benzene rings is 2. The number of likely N-dealkylation sites (tertiary alicyclic amines) is 1. The first-order valence-corrected chi connectivity index (χ1v) is 12.9. The van der Waals surface area contributed by atoms with Gasteiger partial charge in [0, 0.05) is 24.2 Å². The largest absolute Gasteiger partial charge is 0.492 e. The number of carboxylic acids is 2. The molecule has 0 saturated carbocycles. The Morgan fingerprint density at radius 3 is 1.89 bits per heavy atom. The fraction of sp³-hybridized carbons (Fsp3) is 0.321. The minimum atomic E-state index is -5.08. The molecule has 1 amide bonds. The molecule has 1 heterocycles. The van der Waals surface area contributed by atoms with E-state index in [0.29, 0.717) is 35.9 Å². The molecule has 1 fully saturated rings. The fourth-order valence-corrected chi connectivity index (χ4v) is 3.43. The van der Waals surface area contributed by atoms with Crippen molar-refractivity contribution >= 4 is 35.6 Å². The number of carboxylic acid groups (broad SMARTS) is 2. The molecule has 0 spiro atoms. The Hall–Kier alpha value is -5.09. The van der Waals surface area contributed by atoms with Gasteiger partial charge in [-0.1, -0.05) is 35.9 Å². The van der Waals surface area contributed by atoms with E-state index in [9.17, 15) is 31.1 Å². The summed E-state index contributed by atoms with van der Waals surface area (Å²) in [6.45, 7) is 4.31. The van der Waals surface area contributed by atoms with E-state index in [0.717, 1.165) is 31.5 Å². The Balaban J connectivity index is 0.000000601. The van der Waals surface area contributed by atoms with Gasteiger partial charge in [-0.15, -0.1) is 0 Å². The molecule has 0 aliphatic carbocycles. The van der Waals surface area contributed by atoms with Crippen molar-refractivity contribution < 1.29 is 55.7 Å². The lowest BCUT2D eigenvalue weighted by molar-refractivity contribution is -0.193. The molecule has 7 N–H and O–H groups in total. The van der Waals surface area contributed by atoms with Crippen molar-refractivity contribution in [1.82, 2.24) is 10.2 Å². The van der Waals surface area contributed by atoms with E-state index in [1.54, 1.807) is 24.3 Å². The van der Waals surface area contributed by atoms with Crippen molar-refractivity contribution in [2.75, 3.05) is 26.2 Å². The molecule has 0 bridgehead atoms. The lowest BCUT2D eigenvalue weighted by atomic mass is 10.0. The zero-order valence-electron chi connectivity index (χ0n) is 23.8. The lowest BCUT2D eigenvalue weighted by Gasteiger charge is -2.29. The van der Waals surface area contributed by atoms with Crippen molar-refractivity contribution in [3.05, 3.63) is 70.8 Å². The summed E-state index contributed by atoms with van der Waals surface area (Å²) in [6.07, 6.45) is -6.05. The summed E-state index contributed by atoms with van der Waals surface area (Å²) in [5.74, 6) is -4.43. The summed E-state index contributed by atoms with van der Waals surface area (Å²) >= 11 is 0. The maximum absolute atomic E-state index is 12.3. The summed E-state index contributed by atoms with van der Waals surface area (Å²) < 4.78 is 69.1. The number of nitrogens with two attached hydrogens (primary N) is 1. The summed E-state index contributed by atoms with van der Waals surface area (Å²) in [6, 6.07) is 14.6. The van der Waals surface area contributed by atoms with Crippen molar-refractivity contribution in [1.29, 1.82) is 10.8 Å². The van der Waals surface area contributed by atoms with Crippen LogP contribution in [-0.2, 0) is 9.59 Å². The Labute approximate surface area is 253 Å². The van der Waals surface area contributed by atoms with Gasteiger partial charge in [0.15, 0.2) is 0 Å². The molecule has 0 aromatic heterocycles. The van der Waals surface area contributed by atoms with Gasteiger partial charge in [0.25, 0.3) is 5.91 Å². The number of rotatable bonds is 7. The van der Waals surface area contributed by atoms with Crippen LogP contribution < -0.4 is 15.8 Å². The van der Waals surface area contributed by atoms with E-state index in [1.165, 1.54) is 5.57 Å². The van der Waals surface area contributed by atoms with Crippen LogP contribution >= 0.6 is 0 Å². The van der Waals surface area contributed by atoms with Gasteiger partial charge in [0.05, 0.1) is 12.4 Å². The number of halogens is 6. The Morgan fingerprint density at radius 1 is 0.933 bits per heavy atom. The molecule has 2 aromatic rings. The average molecular weight is 648 g/mol. The van der Waals surface area contributed by atoms with Crippen LogP contribution in [0.25, 0.3) is 6.08 Å². The number of amidine groups is 2. The maximum atomic E-state index is 12.3. The lowest BCUT2D eigenvalue weighted by Crippen LogP contribution is -2.34. The number of carbonyl (C=O) groups is 3. The molecule has 0 radical (unpaired) electrons. The summed E-state index contributed by atoms with van der Waals surface area (Å²) in [5, 5.41) is 32.3. The third kappa shape index (κ3) is 14.8. The summed E-state index contributed by atoms with van der Waals surface area (Å²) in [5.41, 5.74) is 9.15. The molecule has 0 unspecified atom stereocenters. The number of aliphatic carboxylic acids is 2. The van der Waals surface area contributed by atoms with E-state index in [2.05, 4.69) is 16.3 Å². The van der Waals surface area contributed by atoms with Gasteiger partial charge in [-0.25, -0.2) is 9.59 Å². The van der Waals surface area contributed by atoms with Gasteiger partial charge >= 0.3 is 24.3 Å². The van der Waals surface area contributed by atoms with Gasteiger partial charge < -0.3 is 30.9 Å². The second-order valence-corrected chi connectivity index (χ2v) is 9.15. The summed E-state index contributed by atoms with van der Waals surface area (Å²) in [4.78, 5) is 32.2. The molecule has 2 aromatic carbocycles. The van der Waals surface area contributed by atoms with Crippen molar-refractivity contribution in [3.63, 3.8) is 0 Å². The quantitative estimate of drug-likeness (QED) is 0.109. The number of nitrogen functional groups attached to an aromatic ring is 1. The number of piperidine rings is 1. The molecule has 246 valence electrons. The van der Waals surface area contributed by atoms with Gasteiger partial charge in [0.2, 0.25) is 0 Å². The van der Waals surface area contributed by atoms with Crippen LogP contribution in [0.15, 0.2) is 54.1 Å². The Kier molecular flexibility index (Phi) is 14.6. The van der Waals surface area contributed by atoms with Gasteiger partial charge in [-0.05, 0) is 49.6 Å². The second-order valence-electron chi connectivity index (χ2n) is 9.15. The first-order chi connectivity index (χ1) is 20.8. The van der Waals surface area contributed by atoms with E-state index < -0.39 is 24.3 Å². The molecule has 1 saturated heterocycles. The van der Waals surface area contributed by atoms with Crippen LogP contribution in [0.4, 0.5) is 26.3 Å².